The highest BCUT2D eigenvalue weighted by Crippen LogP contribution is 2.26. The van der Waals surface area contributed by atoms with Crippen LogP contribution in [0.2, 0.25) is 44.8 Å². The van der Waals surface area contributed by atoms with Crippen LogP contribution in [0.3, 0.4) is 0 Å². The monoisotopic (exact) mass is 498 g/mol. The van der Waals surface area contributed by atoms with Gasteiger partial charge >= 0.3 is 8.56 Å². The lowest BCUT2D eigenvalue weighted by atomic mass is 10.4. The van der Waals surface area contributed by atoms with Gasteiger partial charge in [0.2, 0.25) is 0 Å². The molecular formula is C23H42O6Si3. The Morgan fingerprint density at radius 2 is 1.19 bits per heavy atom. The fraction of sp³-hybridized carbons (Fsp3) is 0.739. The van der Waals surface area contributed by atoms with E-state index in [1.54, 1.807) is 0 Å². The summed E-state index contributed by atoms with van der Waals surface area (Å²) in [7, 11) is -6.39. The molecule has 2 saturated heterocycles. The van der Waals surface area contributed by atoms with Crippen LogP contribution in [0.1, 0.15) is 12.8 Å². The van der Waals surface area contributed by atoms with Gasteiger partial charge in [-0.1, -0.05) is 30.3 Å². The maximum atomic E-state index is 7.02. The van der Waals surface area contributed by atoms with Crippen molar-refractivity contribution in [2.24, 2.45) is 0 Å². The largest absolute Gasteiger partial charge is 0.433 e. The predicted molar refractivity (Wildman–Crippen MR) is 135 cm³/mol. The smallest absolute Gasteiger partial charge is 0.348 e. The molecule has 2 fully saturated rings. The molecule has 0 bridgehead atoms. The van der Waals surface area contributed by atoms with Crippen molar-refractivity contribution >= 4 is 30.4 Å². The number of ether oxygens (including phenoxy) is 4. The topological polar surface area (TPSA) is 62.0 Å². The van der Waals surface area contributed by atoms with Crippen molar-refractivity contribution in [1.82, 2.24) is 0 Å². The first-order chi connectivity index (χ1) is 15.2. The lowest BCUT2D eigenvalue weighted by Crippen LogP contribution is -2.61. The molecule has 182 valence electrons. The molecule has 0 saturated carbocycles. The summed E-state index contributed by atoms with van der Waals surface area (Å²) in [6.45, 7) is 16.2. The Labute approximate surface area is 197 Å². The quantitative estimate of drug-likeness (QED) is 0.184. The predicted octanol–water partition coefficient (Wildman–Crippen LogP) is 4.02. The second-order valence-electron chi connectivity index (χ2n) is 10.3. The van der Waals surface area contributed by atoms with Crippen LogP contribution in [0.25, 0.3) is 0 Å². The fourth-order valence-corrected chi connectivity index (χ4v) is 17.5. The number of rotatable bonds is 17. The van der Waals surface area contributed by atoms with Crippen molar-refractivity contribution in [1.29, 1.82) is 0 Å². The summed E-state index contributed by atoms with van der Waals surface area (Å²) >= 11 is 0. The van der Waals surface area contributed by atoms with E-state index in [4.69, 9.17) is 27.2 Å². The van der Waals surface area contributed by atoms with Gasteiger partial charge in [-0.3, -0.25) is 0 Å². The van der Waals surface area contributed by atoms with E-state index in [2.05, 4.69) is 63.1 Å². The molecule has 0 aliphatic carbocycles. The van der Waals surface area contributed by atoms with Gasteiger partial charge in [0, 0.05) is 13.2 Å². The van der Waals surface area contributed by atoms with Gasteiger partial charge in [-0.25, -0.2) is 0 Å². The van der Waals surface area contributed by atoms with Crippen LogP contribution in [0.5, 0.6) is 0 Å². The molecule has 2 atom stereocenters. The van der Waals surface area contributed by atoms with Gasteiger partial charge in [0.1, 0.15) is 12.2 Å². The number of epoxide rings is 2. The molecule has 9 heteroatoms. The van der Waals surface area contributed by atoms with E-state index in [9.17, 15) is 0 Å². The Bertz CT molecular complexity index is 644. The van der Waals surface area contributed by atoms with Gasteiger partial charge in [-0.15, -0.1) is 0 Å². The van der Waals surface area contributed by atoms with Crippen LogP contribution in [0.15, 0.2) is 30.3 Å². The van der Waals surface area contributed by atoms with Crippen LogP contribution in [0.4, 0.5) is 0 Å². The molecule has 2 heterocycles. The lowest BCUT2D eigenvalue weighted by Gasteiger charge is -2.41. The highest BCUT2D eigenvalue weighted by molar-refractivity contribution is 6.94. The molecule has 0 unspecified atom stereocenters. The normalized spacial score (nSPS) is 21.0. The van der Waals surface area contributed by atoms with Crippen molar-refractivity contribution in [3.63, 3.8) is 0 Å². The number of hydrogen-bond donors (Lipinski definition) is 0. The Hall–Kier alpha value is -0.369. The summed E-state index contributed by atoms with van der Waals surface area (Å²) in [6, 6.07) is 12.7. The summed E-state index contributed by atoms with van der Waals surface area (Å²) in [4.78, 5) is 0. The zero-order valence-corrected chi connectivity index (χ0v) is 23.6. The van der Waals surface area contributed by atoms with E-state index in [0.717, 1.165) is 64.6 Å². The molecule has 0 aromatic heterocycles. The highest BCUT2D eigenvalue weighted by atomic mass is 28.5. The van der Waals surface area contributed by atoms with Crippen molar-refractivity contribution in [3.05, 3.63) is 30.3 Å². The van der Waals surface area contributed by atoms with Crippen molar-refractivity contribution in [2.75, 3.05) is 39.6 Å². The molecule has 0 radical (unpaired) electrons. The maximum Gasteiger partial charge on any atom is 0.348 e. The van der Waals surface area contributed by atoms with Crippen LogP contribution >= 0.6 is 0 Å². The molecule has 0 amide bonds. The molecule has 6 nitrogen and oxygen atoms in total. The van der Waals surface area contributed by atoms with E-state index in [-0.39, 0.29) is 0 Å². The SMILES string of the molecule is C[Si](C)(CCCOC[C@H]1CO1)O[Si](C)(O[Si](C)(C)CCCOC[C@H]1CO1)c1ccccc1. The average molecular weight is 499 g/mol. The molecule has 1 aromatic rings. The minimum atomic E-state index is -2.55. The third-order valence-electron chi connectivity index (χ3n) is 5.79. The number of benzene rings is 1. The van der Waals surface area contributed by atoms with Crippen LogP contribution in [-0.4, -0.2) is 77.0 Å². The van der Waals surface area contributed by atoms with Gasteiger partial charge in [0.05, 0.1) is 26.4 Å². The number of hydrogen-bond acceptors (Lipinski definition) is 6. The molecule has 2 aliphatic rings. The molecular weight excluding hydrogens is 457 g/mol. The van der Waals surface area contributed by atoms with E-state index < -0.39 is 25.2 Å². The van der Waals surface area contributed by atoms with Gasteiger partial charge in [0.15, 0.2) is 16.6 Å². The average Bonchev–Trinajstić information content (AvgIpc) is 3.62. The summed E-state index contributed by atoms with van der Waals surface area (Å²) in [5, 5.41) is 1.23. The molecule has 2 aliphatic heterocycles. The first-order valence-corrected chi connectivity index (χ1v) is 20.6. The highest BCUT2D eigenvalue weighted by Gasteiger charge is 2.44. The summed E-state index contributed by atoms with van der Waals surface area (Å²) in [5.74, 6) is 0. The Balaban J connectivity index is 1.53. The first kappa shape index (κ1) is 26.2. The van der Waals surface area contributed by atoms with Gasteiger partial charge < -0.3 is 27.2 Å². The van der Waals surface area contributed by atoms with E-state index >= 15 is 0 Å². The van der Waals surface area contributed by atoms with Crippen LogP contribution < -0.4 is 5.19 Å². The third kappa shape index (κ3) is 9.86. The lowest BCUT2D eigenvalue weighted by molar-refractivity contribution is 0.116. The Morgan fingerprint density at radius 1 is 0.750 bits per heavy atom. The first-order valence-electron chi connectivity index (χ1n) is 12.0. The van der Waals surface area contributed by atoms with E-state index in [1.165, 1.54) is 5.19 Å². The Morgan fingerprint density at radius 3 is 1.59 bits per heavy atom. The van der Waals surface area contributed by atoms with Gasteiger partial charge in [-0.05, 0) is 62.9 Å². The van der Waals surface area contributed by atoms with E-state index in [0.29, 0.717) is 12.2 Å². The summed E-state index contributed by atoms with van der Waals surface area (Å²) < 4.78 is 35.9. The van der Waals surface area contributed by atoms with Crippen molar-refractivity contribution in [2.45, 2.75) is 69.9 Å². The van der Waals surface area contributed by atoms with Crippen molar-refractivity contribution < 1.29 is 27.2 Å². The zero-order chi connectivity index (χ0) is 23.1. The summed E-state index contributed by atoms with van der Waals surface area (Å²) in [6.07, 6.45) is 2.71. The van der Waals surface area contributed by atoms with E-state index in [1.807, 2.05) is 0 Å². The molecule has 32 heavy (non-hydrogen) atoms. The summed E-state index contributed by atoms with van der Waals surface area (Å²) in [5.41, 5.74) is 0. The van der Waals surface area contributed by atoms with Crippen molar-refractivity contribution in [3.8, 4) is 0 Å². The van der Waals surface area contributed by atoms with Gasteiger partial charge in [0.25, 0.3) is 0 Å². The minimum absolute atomic E-state index is 0.332. The minimum Gasteiger partial charge on any atom is -0.433 e. The molecule has 3 rings (SSSR count). The Kier molecular flexibility index (Phi) is 9.72. The molecule has 0 N–H and O–H groups in total. The fourth-order valence-electron chi connectivity index (χ4n) is 3.99. The zero-order valence-electron chi connectivity index (χ0n) is 20.6. The second kappa shape index (κ2) is 11.9. The maximum absolute atomic E-state index is 7.02. The molecule has 0 spiro atoms. The van der Waals surface area contributed by atoms with Crippen LogP contribution in [0, 0.1) is 0 Å². The third-order valence-corrected chi connectivity index (χ3v) is 17.8. The van der Waals surface area contributed by atoms with Crippen LogP contribution in [-0.2, 0) is 27.2 Å². The standard InChI is InChI=1S/C23H42O6Si3/c1-30(2,15-9-13-24-17-21-19-26-21)28-32(5,23-11-7-6-8-12-23)29-31(3,4)16-10-14-25-18-22-20-27-22/h6-8,11-12,21-22H,9-10,13-20H2,1-5H3/t21-,22-/m0/s1. The second-order valence-corrected chi connectivity index (χ2v) is 22.4. The molecule has 1 aromatic carbocycles. The van der Waals surface area contributed by atoms with Gasteiger partial charge in [-0.2, -0.15) is 0 Å².